The highest BCUT2D eigenvalue weighted by atomic mass is 35.5. The molecular weight excluding hydrogens is 259 g/mol. The molecule has 0 saturated carbocycles. The first-order valence-corrected chi connectivity index (χ1v) is 6.56. The first-order chi connectivity index (χ1) is 8.08. The van der Waals surface area contributed by atoms with E-state index in [0.717, 1.165) is 12.2 Å². The lowest BCUT2D eigenvalue weighted by atomic mass is 10.1. The normalized spacial score (nSPS) is 12.6. The Morgan fingerprint density at radius 1 is 1.29 bits per heavy atom. The van der Waals surface area contributed by atoms with Crippen molar-refractivity contribution in [1.82, 2.24) is 0 Å². The lowest BCUT2D eigenvalue weighted by molar-refractivity contribution is 0.148. The molecular formula is C13H18Cl2O2. The molecule has 1 rings (SSSR count). The molecule has 0 saturated heterocycles. The summed E-state index contributed by atoms with van der Waals surface area (Å²) in [4.78, 5) is 0. The van der Waals surface area contributed by atoms with Crippen LogP contribution in [-0.4, -0.2) is 19.1 Å². The van der Waals surface area contributed by atoms with E-state index >= 15 is 0 Å². The maximum atomic E-state index is 6.09. The SMILES string of the molecule is COc1ccc(Cl)c(OC(CCCl)C(C)C)c1. The Hall–Kier alpha value is -0.600. The zero-order valence-corrected chi connectivity index (χ0v) is 11.9. The van der Waals surface area contributed by atoms with Crippen LogP contribution in [0.3, 0.4) is 0 Å². The molecule has 1 unspecified atom stereocenters. The summed E-state index contributed by atoms with van der Waals surface area (Å²) in [6.07, 6.45) is 0.865. The van der Waals surface area contributed by atoms with E-state index in [4.69, 9.17) is 32.7 Å². The van der Waals surface area contributed by atoms with Gasteiger partial charge in [-0.3, -0.25) is 0 Å². The molecule has 0 spiro atoms. The third-order valence-electron chi connectivity index (χ3n) is 2.55. The molecule has 1 aromatic rings. The molecule has 1 atom stereocenters. The molecule has 96 valence electrons. The fourth-order valence-electron chi connectivity index (χ4n) is 1.50. The fourth-order valence-corrected chi connectivity index (χ4v) is 1.88. The highest BCUT2D eigenvalue weighted by molar-refractivity contribution is 6.32. The molecule has 0 aliphatic heterocycles. The second-order valence-electron chi connectivity index (χ2n) is 4.17. The smallest absolute Gasteiger partial charge is 0.142 e. The quantitative estimate of drug-likeness (QED) is 0.718. The lowest BCUT2D eigenvalue weighted by Crippen LogP contribution is -2.23. The minimum Gasteiger partial charge on any atom is -0.497 e. The van der Waals surface area contributed by atoms with Gasteiger partial charge in [0.05, 0.1) is 12.1 Å². The van der Waals surface area contributed by atoms with Crippen LogP contribution < -0.4 is 9.47 Å². The van der Waals surface area contributed by atoms with Crippen molar-refractivity contribution in [1.29, 1.82) is 0 Å². The van der Waals surface area contributed by atoms with Crippen molar-refractivity contribution in [2.75, 3.05) is 13.0 Å². The van der Waals surface area contributed by atoms with E-state index in [1.54, 1.807) is 25.3 Å². The average Bonchev–Trinajstić information content (AvgIpc) is 2.31. The van der Waals surface area contributed by atoms with Crippen molar-refractivity contribution in [2.24, 2.45) is 5.92 Å². The van der Waals surface area contributed by atoms with Crippen molar-refractivity contribution in [2.45, 2.75) is 26.4 Å². The standard InChI is InChI=1S/C13H18Cl2O2/c1-9(2)12(6-7-14)17-13-8-10(16-3)4-5-11(13)15/h4-5,8-9,12H,6-7H2,1-3H3. The van der Waals surface area contributed by atoms with Crippen molar-refractivity contribution < 1.29 is 9.47 Å². The van der Waals surface area contributed by atoms with Gasteiger partial charge in [-0.15, -0.1) is 11.6 Å². The highest BCUT2D eigenvalue weighted by Crippen LogP contribution is 2.31. The number of halogens is 2. The van der Waals surface area contributed by atoms with Crippen LogP contribution >= 0.6 is 23.2 Å². The fraction of sp³-hybridized carbons (Fsp3) is 0.538. The zero-order chi connectivity index (χ0) is 12.8. The molecule has 0 heterocycles. The van der Waals surface area contributed by atoms with Gasteiger partial charge in [0.2, 0.25) is 0 Å². The van der Waals surface area contributed by atoms with Gasteiger partial charge in [0.15, 0.2) is 0 Å². The van der Waals surface area contributed by atoms with Crippen LogP contribution in [0.1, 0.15) is 20.3 Å². The van der Waals surface area contributed by atoms with Crippen LogP contribution in [0, 0.1) is 5.92 Å². The van der Waals surface area contributed by atoms with Gasteiger partial charge < -0.3 is 9.47 Å². The summed E-state index contributed by atoms with van der Waals surface area (Å²) >= 11 is 11.9. The van der Waals surface area contributed by atoms with E-state index in [1.165, 1.54) is 0 Å². The summed E-state index contributed by atoms with van der Waals surface area (Å²) in [5.74, 6) is 2.34. The van der Waals surface area contributed by atoms with Crippen LogP contribution in [0.2, 0.25) is 5.02 Å². The second-order valence-corrected chi connectivity index (χ2v) is 4.96. The monoisotopic (exact) mass is 276 g/mol. The molecule has 1 aromatic carbocycles. The molecule has 0 fully saturated rings. The largest absolute Gasteiger partial charge is 0.497 e. The van der Waals surface area contributed by atoms with Gasteiger partial charge in [0, 0.05) is 11.9 Å². The van der Waals surface area contributed by atoms with Crippen molar-refractivity contribution in [3.8, 4) is 11.5 Å². The molecule has 0 bridgehead atoms. The maximum Gasteiger partial charge on any atom is 0.142 e. The molecule has 17 heavy (non-hydrogen) atoms. The maximum absolute atomic E-state index is 6.09. The van der Waals surface area contributed by atoms with E-state index in [1.807, 2.05) is 0 Å². The molecule has 0 amide bonds. The van der Waals surface area contributed by atoms with E-state index in [2.05, 4.69) is 13.8 Å². The number of methoxy groups -OCH3 is 1. The Morgan fingerprint density at radius 2 is 2.00 bits per heavy atom. The molecule has 2 nitrogen and oxygen atoms in total. The second kappa shape index (κ2) is 6.97. The molecule has 0 aliphatic rings. The van der Waals surface area contributed by atoms with Crippen LogP contribution in [-0.2, 0) is 0 Å². The van der Waals surface area contributed by atoms with Gasteiger partial charge >= 0.3 is 0 Å². The van der Waals surface area contributed by atoms with E-state index in [-0.39, 0.29) is 6.10 Å². The molecule has 0 aliphatic carbocycles. The molecule has 4 heteroatoms. The number of benzene rings is 1. The van der Waals surface area contributed by atoms with E-state index in [0.29, 0.717) is 22.6 Å². The van der Waals surface area contributed by atoms with Crippen molar-refractivity contribution >= 4 is 23.2 Å². The Labute approximate surface area is 113 Å². The molecule has 0 radical (unpaired) electrons. The minimum absolute atomic E-state index is 0.0668. The Kier molecular flexibility index (Phi) is 5.93. The van der Waals surface area contributed by atoms with Crippen LogP contribution in [0.25, 0.3) is 0 Å². The summed E-state index contributed by atoms with van der Waals surface area (Å²) in [6.45, 7) is 4.20. The van der Waals surface area contributed by atoms with Gasteiger partial charge in [0.25, 0.3) is 0 Å². The van der Waals surface area contributed by atoms with Gasteiger partial charge in [-0.25, -0.2) is 0 Å². The lowest BCUT2D eigenvalue weighted by Gasteiger charge is -2.22. The Bertz CT molecular complexity index is 353. The number of alkyl halides is 1. The Balaban J connectivity index is 2.84. The van der Waals surface area contributed by atoms with Crippen molar-refractivity contribution in [3.63, 3.8) is 0 Å². The highest BCUT2D eigenvalue weighted by Gasteiger charge is 2.16. The predicted molar refractivity (Wildman–Crippen MR) is 72.6 cm³/mol. The third kappa shape index (κ3) is 4.29. The molecule has 0 aromatic heterocycles. The minimum atomic E-state index is 0.0668. The van der Waals surface area contributed by atoms with Gasteiger partial charge in [0.1, 0.15) is 17.6 Å². The topological polar surface area (TPSA) is 18.5 Å². The summed E-state index contributed by atoms with van der Waals surface area (Å²) in [5, 5.41) is 0.589. The van der Waals surface area contributed by atoms with Crippen molar-refractivity contribution in [3.05, 3.63) is 23.2 Å². The number of rotatable bonds is 6. The summed E-state index contributed by atoms with van der Waals surface area (Å²) in [5.41, 5.74) is 0. The van der Waals surface area contributed by atoms with Crippen LogP contribution in [0.4, 0.5) is 0 Å². The predicted octanol–water partition coefficient (Wildman–Crippen LogP) is 4.38. The summed E-state index contributed by atoms with van der Waals surface area (Å²) in [6, 6.07) is 5.38. The molecule has 0 N–H and O–H groups in total. The first kappa shape index (κ1) is 14.5. The van der Waals surface area contributed by atoms with Crippen LogP contribution in [0.15, 0.2) is 18.2 Å². The van der Waals surface area contributed by atoms with Gasteiger partial charge in [-0.05, 0) is 24.5 Å². The number of ether oxygens (including phenoxy) is 2. The van der Waals surface area contributed by atoms with Crippen LogP contribution in [0.5, 0.6) is 11.5 Å². The van der Waals surface area contributed by atoms with Gasteiger partial charge in [-0.1, -0.05) is 25.4 Å². The third-order valence-corrected chi connectivity index (χ3v) is 3.08. The summed E-state index contributed by atoms with van der Waals surface area (Å²) in [7, 11) is 1.62. The first-order valence-electron chi connectivity index (χ1n) is 5.64. The average molecular weight is 277 g/mol. The number of hydrogen-bond donors (Lipinski definition) is 0. The Morgan fingerprint density at radius 3 is 2.53 bits per heavy atom. The van der Waals surface area contributed by atoms with E-state index < -0.39 is 0 Å². The summed E-state index contributed by atoms with van der Waals surface area (Å²) < 4.78 is 11.0. The zero-order valence-electron chi connectivity index (χ0n) is 10.4. The van der Waals surface area contributed by atoms with E-state index in [9.17, 15) is 0 Å². The number of hydrogen-bond acceptors (Lipinski definition) is 2. The van der Waals surface area contributed by atoms with Gasteiger partial charge in [-0.2, -0.15) is 0 Å².